The number of nitrogens with one attached hydrogen (secondary N) is 1. The largest absolute Gasteiger partial charge is 0.388 e. The van der Waals surface area contributed by atoms with Gasteiger partial charge >= 0.3 is 0 Å². The molecule has 2 atom stereocenters. The lowest BCUT2D eigenvalue weighted by Crippen LogP contribution is -2.36. The summed E-state index contributed by atoms with van der Waals surface area (Å²) in [5.41, 5.74) is 0.867. The van der Waals surface area contributed by atoms with Crippen molar-refractivity contribution in [2.24, 2.45) is 0 Å². The summed E-state index contributed by atoms with van der Waals surface area (Å²) in [6.45, 7) is 4.55. The first-order valence-corrected chi connectivity index (χ1v) is 6.73. The zero-order valence-corrected chi connectivity index (χ0v) is 11.6. The Morgan fingerprint density at radius 1 is 1.37 bits per heavy atom. The Kier molecular flexibility index (Phi) is 7.15. The van der Waals surface area contributed by atoms with E-state index in [2.05, 4.69) is 5.32 Å². The first-order chi connectivity index (χ1) is 9.13. The molecule has 0 bridgehead atoms. The highest BCUT2D eigenvalue weighted by Crippen LogP contribution is 2.17. The van der Waals surface area contributed by atoms with Crippen molar-refractivity contribution in [2.45, 2.75) is 38.8 Å². The molecule has 19 heavy (non-hydrogen) atoms. The third-order valence-corrected chi connectivity index (χ3v) is 2.75. The van der Waals surface area contributed by atoms with Crippen LogP contribution in [0.2, 0.25) is 0 Å². The number of ether oxygens (including phenoxy) is 1. The van der Waals surface area contributed by atoms with Gasteiger partial charge in [0.1, 0.15) is 6.61 Å². The Hall–Kier alpha value is -1.39. The maximum atomic E-state index is 11.5. The van der Waals surface area contributed by atoms with Crippen LogP contribution in [0.1, 0.15) is 38.4 Å². The van der Waals surface area contributed by atoms with Crippen LogP contribution in [-0.4, -0.2) is 30.3 Å². The van der Waals surface area contributed by atoms with Gasteiger partial charge in [0.15, 0.2) is 0 Å². The zero-order chi connectivity index (χ0) is 14.1. The Balaban J connectivity index is 2.30. The molecule has 1 aromatic rings. The maximum absolute atomic E-state index is 11.5. The molecule has 0 aliphatic rings. The van der Waals surface area contributed by atoms with Gasteiger partial charge < -0.3 is 15.2 Å². The van der Waals surface area contributed by atoms with E-state index in [1.807, 2.05) is 44.2 Å². The number of aliphatic hydroxyl groups is 1. The van der Waals surface area contributed by atoms with Crippen molar-refractivity contribution in [1.29, 1.82) is 0 Å². The Morgan fingerprint density at radius 2 is 2.05 bits per heavy atom. The van der Waals surface area contributed by atoms with E-state index in [-0.39, 0.29) is 18.6 Å². The van der Waals surface area contributed by atoms with Gasteiger partial charge in [-0.1, -0.05) is 37.3 Å². The van der Waals surface area contributed by atoms with Crippen LogP contribution >= 0.6 is 0 Å². The molecule has 0 aromatic heterocycles. The Bertz CT molecular complexity index is 367. The van der Waals surface area contributed by atoms with Gasteiger partial charge in [-0.3, -0.25) is 4.79 Å². The highest BCUT2D eigenvalue weighted by Gasteiger charge is 2.14. The third-order valence-electron chi connectivity index (χ3n) is 2.75. The van der Waals surface area contributed by atoms with E-state index < -0.39 is 6.10 Å². The van der Waals surface area contributed by atoms with Crippen LogP contribution in [0.15, 0.2) is 30.3 Å². The standard InChI is InChI=1S/C15H23NO3/c1-3-9-19-11-15(18)16-12(2)10-14(17)13-7-5-4-6-8-13/h4-8,12,14,17H,3,9-11H2,1-2H3,(H,16,18). The SMILES string of the molecule is CCCOCC(=O)NC(C)CC(O)c1ccccc1. The Labute approximate surface area is 114 Å². The quantitative estimate of drug-likeness (QED) is 0.707. The third kappa shape index (κ3) is 6.36. The van der Waals surface area contributed by atoms with E-state index in [9.17, 15) is 9.90 Å². The zero-order valence-electron chi connectivity index (χ0n) is 11.6. The molecule has 1 aromatic carbocycles. The van der Waals surface area contributed by atoms with Crippen LogP contribution in [0.25, 0.3) is 0 Å². The predicted octanol–water partition coefficient (Wildman–Crippen LogP) is 2.04. The number of hydrogen-bond donors (Lipinski definition) is 2. The van der Waals surface area contributed by atoms with Crippen molar-refractivity contribution >= 4 is 5.91 Å². The topological polar surface area (TPSA) is 58.6 Å². The van der Waals surface area contributed by atoms with Crippen LogP contribution in [0.3, 0.4) is 0 Å². The van der Waals surface area contributed by atoms with Gasteiger partial charge in [-0.05, 0) is 25.3 Å². The average Bonchev–Trinajstić information content (AvgIpc) is 2.39. The van der Waals surface area contributed by atoms with Crippen LogP contribution < -0.4 is 5.32 Å². The summed E-state index contributed by atoms with van der Waals surface area (Å²) < 4.78 is 5.16. The molecule has 4 heteroatoms. The summed E-state index contributed by atoms with van der Waals surface area (Å²) in [4.78, 5) is 11.5. The van der Waals surface area contributed by atoms with Crippen molar-refractivity contribution in [3.63, 3.8) is 0 Å². The molecule has 2 N–H and O–H groups in total. The van der Waals surface area contributed by atoms with Gasteiger partial charge in [0, 0.05) is 12.6 Å². The fraction of sp³-hybridized carbons (Fsp3) is 0.533. The number of benzene rings is 1. The van der Waals surface area contributed by atoms with Crippen LogP contribution in [0.4, 0.5) is 0 Å². The molecule has 0 saturated carbocycles. The number of amides is 1. The molecule has 0 spiro atoms. The van der Waals surface area contributed by atoms with Gasteiger partial charge in [0.2, 0.25) is 5.91 Å². The number of aliphatic hydroxyl groups excluding tert-OH is 1. The molecule has 0 aliphatic heterocycles. The summed E-state index contributed by atoms with van der Waals surface area (Å²) in [5.74, 6) is -0.138. The van der Waals surface area contributed by atoms with Gasteiger partial charge in [0.25, 0.3) is 0 Å². The fourth-order valence-corrected chi connectivity index (χ4v) is 1.83. The van der Waals surface area contributed by atoms with E-state index in [1.165, 1.54) is 0 Å². The lowest BCUT2D eigenvalue weighted by Gasteiger charge is -2.18. The van der Waals surface area contributed by atoms with Gasteiger partial charge in [-0.25, -0.2) is 0 Å². The molecule has 0 heterocycles. The molecule has 1 amide bonds. The number of rotatable bonds is 8. The molecule has 1 rings (SSSR count). The first kappa shape index (κ1) is 15.7. The minimum atomic E-state index is -0.562. The molecule has 0 aliphatic carbocycles. The van der Waals surface area contributed by atoms with Crippen molar-refractivity contribution in [3.05, 3.63) is 35.9 Å². The van der Waals surface area contributed by atoms with Crippen LogP contribution in [-0.2, 0) is 9.53 Å². The summed E-state index contributed by atoms with van der Waals surface area (Å²) in [6, 6.07) is 9.35. The van der Waals surface area contributed by atoms with Gasteiger partial charge in [0.05, 0.1) is 6.10 Å². The number of carbonyl (C=O) groups excluding carboxylic acids is 1. The second-order valence-electron chi connectivity index (χ2n) is 4.68. The molecule has 4 nitrogen and oxygen atoms in total. The second-order valence-corrected chi connectivity index (χ2v) is 4.68. The first-order valence-electron chi connectivity index (χ1n) is 6.73. The molecule has 106 valence electrons. The summed E-state index contributed by atoms with van der Waals surface area (Å²) in [6.07, 6.45) is 0.826. The molecule has 0 fully saturated rings. The second kappa shape index (κ2) is 8.67. The van der Waals surface area contributed by atoms with E-state index in [0.29, 0.717) is 13.0 Å². The normalized spacial score (nSPS) is 13.8. The minimum absolute atomic E-state index is 0.0829. The Morgan fingerprint density at radius 3 is 2.68 bits per heavy atom. The molecule has 2 unspecified atom stereocenters. The van der Waals surface area contributed by atoms with E-state index in [0.717, 1.165) is 12.0 Å². The van der Waals surface area contributed by atoms with Crippen LogP contribution in [0.5, 0.6) is 0 Å². The van der Waals surface area contributed by atoms with Crippen molar-refractivity contribution in [3.8, 4) is 0 Å². The smallest absolute Gasteiger partial charge is 0.246 e. The molecule has 0 radical (unpaired) electrons. The van der Waals surface area contributed by atoms with E-state index >= 15 is 0 Å². The van der Waals surface area contributed by atoms with Crippen molar-refractivity contribution < 1.29 is 14.6 Å². The van der Waals surface area contributed by atoms with Crippen molar-refractivity contribution in [2.75, 3.05) is 13.2 Å². The summed E-state index contributed by atoms with van der Waals surface area (Å²) >= 11 is 0. The molecular weight excluding hydrogens is 242 g/mol. The monoisotopic (exact) mass is 265 g/mol. The number of hydrogen-bond acceptors (Lipinski definition) is 3. The molecular formula is C15H23NO3. The average molecular weight is 265 g/mol. The fourth-order valence-electron chi connectivity index (χ4n) is 1.83. The maximum Gasteiger partial charge on any atom is 0.246 e. The highest BCUT2D eigenvalue weighted by molar-refractivity contribution is 5.77. The van der Waals surface area contributed by atoms with E-state index in [1.54, 1.807) is 0 Å². The molecule has 0 saturated heterocycles. The van der Waals surface area contributed by atoms with E-state index in [4.69, 9.17) is 4.74 Å². The minimum Gasteiger partial charge on any atom is -0.388 e. The predicted molar refractivity (Wildman–Crippen MR) is 74.7 cm³/mol. The lowest BCUT2D eigenvalue weighted by molar-refractivity contribution is -0.126. The number of carbonyl (C=O) groups is 1. The summed E-state index contributed by atoms with van der Waals surface area (Å²) in [7, 11) is 0. The van der Waals surface area contributed by atoms with Gasteiger partial charge in [-0.15, -0.1) is 0 Å². The highest BCUT2D eigenvalue weighted by atomic mass is 16.5. The van der Waals surface area contributed by atoms with Crippen LogP contribution in [0, 0.1) is 0 Å². The van der Waals surface area contributed by atoms with Gasteiger partial charge in [-0.2, -0.15) is 0 Å². The lowest BCUT2D eigenvalue weighted by atomic mass is 10.0. The summed E-state index contributed by atoms with van der Waals surface area (Å²) in [5, 5.41) is 12.9. The van der Waals surface area contributed by atoms with Crippen molar-refractivity contribution in [1.82, 2.24) is 5.32 Å².